The zero-order valence-corrected chi connectivity index (χ0v) is 14.4. The minimum atomic E-state index is 0.854. The first-order chi connectivity index (χ1) is 12.4. The van der Waals surface area contributed by atoms with E-state index in [9.17, 15) is 0 Å². The summed E-state index contributed by atoms with van der Waals surface area (Å²) in [4.78, 5) is 6.72. The van der Waals surface area contributed by atoms with Crippen molar-refractivity contribution < 1.29 is 0 Å². The molecule has 1 aromatic carbocycles. The van der Waals surface area contributed by atoms with Crippen LogP contribution in [0.1, 0.15) is 17.8 Å². The normalized spacial score (nSPS) is 14.1. The van der Waals surface area contributed by atoms with Crippen LogP contribution in [-0.2, 0) is 12.8 Å². The van der Waals surface area contributed by atoms with E-state index in [1.54, 1.807) is 0 Å². The van der Waals surface area contributed by atoms with Gasteiger partial charge in [0.1, 0.15) is 5.82 Å². The molecule has 25 heavy (non-hydrogen) atoms. The molecule has 0 bridgehead atoms. The second-order valence-electron chi connectivity index (χ2n) is 6.15. The van der Waals surface area contributed by atoms with Crippen LogP contribution < -0.4 is 10.2 Å². The van der Waals surface area contributed by atoms with Crippen molar-refractivity contribution in [3.05, 3.63) is 60.0 Å². The summed E-state index contributed by atoms with van der Waals surface area (Å²) in [7, 11) is 1.84. The number of aryl methyl sites for hydroxylation is 1. The number of aliphatic imine (C=N–C) groups is 1. The largest absolute Gasteiger partial charge is 0.356 e. The molecule has 3 aromatic rings. The molecule has 2 aromatic heterocycles. The lowest BCUT2D eigenvalue weighted by atomic mass is 10.2. The Morgan fingerprint density at radius 1 is 1.16 bits per heavy atom. The molecule has 0 fully saturated rings. The molecule has 4 rings (SSSR count). The molecule has 0 radical (unpaired) electrons. The summed E-state index contributed by atoms with van der Waals surface area (Å²) < 4.78 is 2.05. The number of nitrogens with one attached hydrogen (secondary N) is 1. The molecule has 6 nitrogen and oxygen atoms in total. The molecule has 0 amide bonds. The average molecular weight is 334 g/mol. The Bertz CT molecular complexity index is 898. The molecule has 0 spiro atoms. The van der Waals surface area contributed by atoms with Crippen LogP contribution in [0.15, 0.2) is 53.7 Å². The first-order valence-corrected chi connectivity index (χ1v) is 8.71. The molecule has 3 heterocycles. The average Bonchev–Trinajstić information content (AvgIpc) is 3.26. The smallest absolute Gasteiger partial charge is 0.198 e. The molecule has 128 valence electrons. The van der Waals surface area contributed by atoms with Crippen LogP contribution in [0.5, 0.6) is 0 Å². The fourth-order valence-electron chi connectivity index (χ4n) is 3.36. The number of aromatic nitrogens is 3. The van der Waals surface area contributed by atoms with Crippen LogP contribution in [0.4, 0.5) is 5.69 Å². The highest BCUT2D eigenvalue weighted by Crippen LogP contribution is 2.27. The van der Waals surface area contributed by atoms with E-state index in [0.717, 1.165) is 49.8 Å². The van der Waals surface area contributed by atoms with Gasteiger partial charge in [-0.3, -0.25) is 9.39 Å². The van der Waals surface area contributed by atoms with Gasteiger partial charge < -0.3 is 10.2 Å². The van der Waals surface area contributed by atoms with Gasteiger partial charge >= 0.3 is 0 Å². The third-order valence-corrected chi connectivity index (χ3v) is 4.60. The van der Waals surface area contributed by atoms with E-state index >= 15 is 0 Å². The van der Waals surface area contributed by atoms with E-state index in [0.29, 0.717) is 0 Å². The molecule has 1 N–H and O–H groups in total. The van der Waals surface area contributed by atoms with Gasteiger partial charge in [-0.05, 0) is 36.6 Å². The van der Waals surface area contributed by atoms with E-state index in [4.69, 9.17) is 0 Å². The van der Waals surface area contributed by atoms with Gasteiger partial charge in [-0.25, -0.2) is 0 Å². The fourth-order valence-corrected chi connectivity index (χ4v) is 3.36. The highest BCUT2D eigenvalue weighted by molar-refractivity contribution is 5.97. The monoisotopic (exact) mass is 334 g/mol. The van der Waals surface area contributed by atoms with Crippen molar-refractivity contribution in [2.24, 2.45) is 4.99 Å². The Labute approximate surface area is 147 Å². The number of rotatable bonds is 4. The first-order valence-electron chi connectivity index (χ1n) is 8.71. The number of guanidine groups is 1. The standard InChI is InChI=1S/C19H22N6/c1-20-19(24-14-11-15-7-2-3-8-16(15)24)21-12-6-10-18-23-22-17-9-4-5-13-25(17)18/h2-5,7-9,13H,6,10-12,14H2,1H3,(H,20,21). The number of pyridine rings is 1. The minimum absolute atomic E-state index is 0.854. The summed E-state index contributed by atoms with van der Waals surface area (Å²) in [5, 5.41) is 12.0. The summed E-state index contributed by atoms with van der Waals surface area (Å²) >= 11 is 0. The molecular formula is C19H22N6. The highest BCUT2D eigenvalue weighted by atomic mass is 15.3. The van der Waals surface area contributed by atoms with Crippen LogP contribution in [0.2, 0.25) is 0 Å². The number of anilines is 1. The van der Waals surface area contributed by atoms with E-state index in [2.05, 4.69) is 49.7 Å². The van der Waals surface area contributed by atoms with Gasteiger partial charge in [0.15, 0.2) is 11.6 Å². The van der Waals surface area contributed by atoms with Gasteiger partial charge in [0.05, 0.1) is 0 Å². The lowest BCUT2D eigenvalue weighted by molar-refractivity contribution is 0.725. The summed E-state index contributed by atoms with van der Waals surface area (Å²) in [6.07, 6.45) is 4.94. The van der Waals surface area contributed by atoms with Gasteiger partial charge in [0, 0.05) is 38.4 Å². The highest BCUT2D eigenvalue weighted by Gasteiger charge is 2.22. The Morgan fingerprint density at radius 2 is 2.04 bits per heavy atom. The molecule has 0 atom stereocenters. The number of hydrogen-bond acceptors (Lipinski definition) is 3. The van der Waals surface area contributed by atoms with Crippen LogP contribution in [0, 0.1) is 0 Å². The lowest BCUT2D eigenvalue weighted by Crippen LogP contribution is -2.41. The second-order valence-corrected chi connectivity index (χ2v) is 6.15. The van der Waals surface area contributed by atoms with Crippen molar-refractivity contribution in [2.45, 2.75) is 19.3 Å². The van der Waals surface area contributed by atoms with E-state index in [1.807, 2.05) is 35.8 Å². The molecule has 0 unspecified atom stereocenters. The van der Waals surface area contributed by atoms with Crippen molar-refractivity contribution in [1.82, 2.24) is 19.9 Å². The van der Waals surface area contributed by atoms with Crippen molar-refractivity contribution in [2.75, 3.05) is 25.0 Å². The third-order valence-electron chi connectivity index (χ3n) is 4.60. The number of benzene rings is 1. The molecule has 6 heteroatoms. The molecule has 1 aliphatic heterocycles. The summed E-state index contributed by atoms with van der Waals surface area (Å²) in [6.45, 7) is 1.83. The van der Waals surface area contributed by atoms with E-state index in [-0.39, 0.29) is 0 Å². The van der Waals surface area contributed by atoms with Crippen molar-refractivity contribution in [1.29, 1.82) is 0 Å². The van der Waals surface area contributed by atoms with Crippen LogP contribution in [0.3, 0.4) is 0 Å². The Kier molecular flexibility index (Phi) is 4.33. The summed E-state index contributed by atoms with van der Waals surface area (Å²) in [6, 6.07) is 14.5. The zero-order valence-electron chi connectivity index (χ0n) is 14.4. The van der Waals surface area contributed by atoms with Gasteiger partial charge in [-0.15, -0.1) is 10.2 Å². The quantitative estimate of drug-likeness (QED) is 0.452. The SMILES string of the molecule is CN=C(NCCCc1nnc2ccccn12)N1CCc2ccccc21. The maximum atomic E-state index is 4.45. The summed E-state index contributed by atoms with van der Waals surface area (Å²) in [5.41, 5.74) is 3.55. The molecule has 1 aliphatic rings. The lowest BCUT2D eigenvalue weighted by Gasteiger charge is -2.22. The number of hydrogen-bond donors (Lipinski definition) is 1. The third kappa shape index (κ3) is 3.07. The molecule has 0 saturated carbocycles. The Morgan fingerprint density at radius 3 is 2.96 bits per heavy atom. The van der Waals surface area contributed by atoms with Crippen molar-refractivity contribution in [3.8, 4) is 0 Å². The number of nitrogens with zero attached hydrogens (tertiary/aromatic N) is 5. The van der Waals surface area contributed by atoms with Gasteiger partial charge in [-0.1, -0.05) is 24.3 Å². The van der Waals surface area contributed by atoms with Gasteiger partial charge in [-0.2, -0.15) is 0 Å². The Balaban J connectivity index is 1.35. The molecular weight excluding hydrogens is 312 g/mol. The van der Waals surface area contributed by atoms with Gasteiger partial charge in [0.25, 0.3) is 0 Å². The predicted octanol–water partition coefficient (Wildman–Crippen LogP) is 2.30. The minimum Gasteiger partial charge on any atom is -0.356 e. The fraction of sp³-hybridized carbons (Fsp3) is 0.316. The van der Waals surface area contributed by atoms with Gasteiger partial charge in [0.2, 0.25) is 0 Å². The van der Waals surface area contributed by atoms with Crippen LogP contribution in [0.25, 0.3) is 5.65 Å². The first kappa shape index (κ1) is 15.6. The predicted molar refractivity (Wildman–Crippen MR) is 100 cm³/mol. The number of fused-ring (bicyclic) bond motifs is 2. The maximum Gasteiger partial charge on any atom is 0.198 e. The van der Waals surface area contributed by atoms with Crippen molar-refractivity contribution in [3.63, 3.8) is 0 Å². The second kappa shape index (κ2) is 6.93. The molecule has 0 aliphatic carbocycles. The number of para-hydroxylation sites is 1. The van der Waals surface area contributed by atoms with Crippen LogP contribution in [-0.4, -0.2) is 40.7 Å². The Hall–Kier alpha value is -2.89. The van der Waals surface area contributed by atoms with E-state index in [1.165, 1.54) is 11.3 Å². The zero-order chi connectivity index (χ0) is 17.1. The van der Waals surface area contributed by atoms with Crippen LogP contribution >= 0.6 is 0 Å². The van der Waals surface area contributed by atoms with Crippen molar-refractivity contribution >= 4 is 17.3 Å². The van der Waals surface area contributed by atoms with E-state index < -0.39 is 0 Å². The topological polar surface area (TPSA) is 57.8 Å². The molecule has 0 saturated heterocycles. The maximum absolute atomic E-state index is 4.45. The summed E-state index contributed by atoms with van der Waals surface area (Å²) in [5.74, 6) is 1.94.